The Morgan fingerprint density at radius 2 is 1.65 bits per heavy atom. The van der Waals surface area contributed by atoms with Crippen molar-refractivity contribution in [3.8, 4) is 0 Å². The lowest BCUT2D eigenvalue weighted by Crippen LogP contribution is -2.56. The number of ether oxygens (including phenoxy) is 1. The van der Waals surface area contributed by atoms with Crippen LogP contribution in [0.4, 0.5) is 0 Å². The molecule has 256 valence electrons. The van der Waals surface area contributed by atoms with Crippen molar-refractivity contribution in [2.75, 3.05) is 40.4 Å². The Kier molecular flexibility index (Phi) is 13.0. The highest BCUT2D eigenvalue weighted by atomic mass is 32.2. The fourth-order valence-electron chi connectivity index (χ4n) is 5.45. The minimum absolute atomic E-state index is 0.116. The van der Waals surface area contributed by atoms with Crippen molar-refractivity contribution in [1.82, 2.24) is 33.7 Å². The smallest absolute Gasteiger partial charge is 0.281 e. The molecule has 2 aromatic rings. The van der Waals surface area contributed by atoms with Gasteiger partial charge < -0.3 is 20.5 Å². The van der Waals surface area contributed by atoms with E-state index in [2.05, 4.69) is 25.1 Å². The number of aliphatic hydroxyl groups is 1. The Hall–Kier alpha value is -2.55. The molecule has 5 N–H and O–H groups in total. The van der Waals surface area contributed by atoms with E-state index in [1.54, 1.807) is 35.7 Å². The summed E-state index contributed by atoms with van der Waals surface area (Å²) in [5.74, 6) is -1.41. The number of hydrogen-bond donors (Lipinski definition) is 5. The van der Waals surface area contributed by atoms with Crippen LogP contribution in [-0.4, -0.2) is 100 Å². The van der Waals surface area contributed by atoms with E-state index in [-0.39, 0.29) is 37.9 Å². The van der Waals surface area contributed by atoms with Gasteiger partial charge in [-0.05, 0) is 17.9 Å². The molecule has 1 aromatic heterocycles. The standard InChI is InChI=1S/C28H43N7O8S3/c1-34(2)45(39,40)33-26(36)22(17-20-9-5-3-6-10-20)30-28(38)25(23-18-44-19-29-23)31-27(37)24(21-11-7-4-8-12-21)32-46(41,42)35-13-15-43-16-14-35/h4,7-8,11-12,18-20,22,24-26,32-33,36H,3,5-6,9-10,13-17H2,1-2H3,(H,30,38)(H,31,37). The van der Waals surface area contributed by atoms with Crippen LogP contribution in [0.5, 0.6) is 0 Å². The Bertz CT molecular complexity index is 1480. The van der Waals surface area contributed by atoms with Gasteiger partial charge in [0.2, 0.25) is 11.8 Å². The summed E-state index contributed by atoms with van der Waals surface area (Å²) in [6, 6.07) is 4.42. The van der Waals surface area contributed by atoms with E-state index in [4.69, 9.17) is 4.74 Å². The third-order valence-corrected chi connectivity index (χ3v) is 11.7. The van der Waals surface area contributed by atoms with Crippen molar-refractivity contribution in [3.63, 3.8) is 0 Å². The highest BCUT2D eigenvalue weighted by Gasteiger charge is 2.36. The lowest BCUT2D eigenvalue weighted by Gasteiger charge is -2.32. The summed E-state index contributed by atoms with van der Waals surface area (Å²) < 4.78 is 63.7. The van der Waals surface area contributed by atoms with Crippen LogP contribution in [0.25, 0.3) is 0 Å². The molecular formula is C28H43N7O8S3. The van der Waals surface area contributed by atoms with Crippen molar-refractivity contribution >= 4 is 43.6 Å². The molecule has 1 saturated carbocycles. The molecule has 2 heterocycles. The van der Waals surface area contributed by atoms with Gasteiger partial charge in [-0.25, -0.2) is 4.98 Å². The number of aliphatic hydroxyl groups excluding tert-OH is 1. The number of nitrogens with zero attached hydrogens (tertiary/aromatic N) is 3. The van der Waals surface area contributed by atoms with Crippen LogP contribution in [0.15, 0.2) is 41.2 Å². The molecule has 0 radical (unpaired) electrons. The number of benzene rings is 1. The first-order chi connectivity index (χ1) is 21.9. The van der Waals surface area contributed by atoms with Crippen molar-refractivity contribution in [2.24, 2.45) is 5.92 Å². The molecule has 1 aliphatic heterocycles. The van der Waals surface area contributed by atoms with Gasteiger partial charge in [-0.1, -0.05) is 62.4 Å². The molecule has 15 nitrogen and oxygen atoms in total. The second kappa shape index (κ2) is 16.5. The number of carbonyl (C=O) groups is 2. The summed E-state index contributed by atoms with van der Waals surface area (Å²) in [6.45, 7) is 0.663. The second-order valence-corrected chi connectivity index (χ2v) is 15.9. The number of hydrogen-bond acceptors (Lipinski definition) is 10. The number of carbonyl (C=O) groups excluding carboxylic acids is 2. The van der Waals surface area contributed by atoms with Gasteiger partial charge in [0.25, 0.3) is 20.4 Å². The monoisotopic (exact) mass is 701 g/mol. The van der Waals surface area contributed by atoms with E-state index in [1.165, 1.54) is 35.2 Å². The van der Waals surface area contributed by atoms with Crippen LogP contribution in [0, 0.1) is 5.92 Å². The zero-order valence-corrected chi connectivity index (χ0v) is 28.3. The van der Waals surface area contributed by atoms with Gasteiger partial charge in [-0.15, -0.1) is 11.3 Å². The molecule has 1 aliphatic carbocycles. The number of amides is 2. The topological polar surface area (TPSA) is 199 Å². The molecule has 18 heteroatoms. The van der Waals surface area contributed by atoms with Gasteiger partial charge in [0.05, 0.1) is 30.5 Å². The zero-order valence-electron chi connectivity index (χ0n) is 25.9. The molecule has 1 saturated heterocycles. The Labute approximate surface area is 274 Å². The number of aromatic nitrogens is 1. The molecule has 2 amide bonds. The zero-order chi connectivity index (χ0) is 33.3. The summed E-state index contributed by atoms with van der Waals surface area (Å²) in [5.41, 5.74) is 2.02. The van der Waals surface area contributed by atoms with E-state index in [1.807, 2.05) is 0 Å². The predicted octanol–water partition coefficient (Wildman–Crippen LogP) is 0.378. The third kappa shape index (κ3) is 9.98. The first-order valence-corrected chi connectivity index (χ1v) is 19.0. The van der Waals surface area contributed by atoms with Gasteiger partial charge in [0.1, 0.15) is 12.3 Å². The molecule has 46 heavy (non-hydrogen) atoms. The van der Waals surface area contributed by atoms with Crippen molar-refractivity contribution in [2.45, 2.75) is 62.9 Å². The molecule has 0 spiro atoms. The Morgan fingerprint density at radius 3 is 2.26 bits per heavy atom. The number of nitrogens with one attached hydrogen (secondary N) is 4. The van der Waals surface area contributed by atoms with Gasteiger partial charge in [-0.2, -0.15) is 34.9 Å². The van der Waals surface area contributed by atoms with Gasteiger partial charge in [-0.3, -0.25) is 9.59 Å². The summed E-state index contributed by atoms with van der Waals surface area (Å²) in [7, 11) is -5.55. The van der Waals surface area contributed by atoms with Crippen LogP contribution < -0.4 is 20.1 Å². The SMILES string of the molecule is CN(C)S(=O)(=O)NC(O)C(CC1CCCCC1)NC(=O)C(NC(=O)C(NS(=O)(=O)N1CCOCC1)c1ccccc1)c1cscn1. The van der Waals surface area contributed by atoms with E-state index in [9.17, 15) is 31.5 Å². The fourth-order valence-corrected chi connectivity index (χ4v) is 8.03. The molecule has 2 aliphatic rings. The highest BCUT2D eigenvalue weighted by molar-refractivity contribution is 7.87. The number of rotatable bonds is 15. The quantitative estimate of drug-likeness (QED) is 0.163. The minimum Gasteiger partial charge on any atom is -0.379 e. The van der Waals surface area contributed by atoms with Crippen LogP contribution in [0.1, 0.15) is 61.9 Å². The van der Waals surface area contributed by atoms with E-state index < -0.39 is 56.6 Å². The lowest BCUT2D eigenvalue weighted by atomic mass is 9.84. The molecule has 4 atom stereocenters. The molecule has 0 bridgehead atoms. The van der Waals surface area contributed by atoms with Gasteiger partial charge in [0.15, 0.2) is 6.04 Å². The normalized spacial score (nSPS) is 19.7. The maximum absolute atomic E-state index is 13.9. The van der Waals surface area contributed by atoms with Crippen molar-refractivity contribution < 1.29 is 36.3 Å². The molecule has 4 rings (SSSR count). The van der Waals surface area contributed by atoms with Crippen LogP contribution in [0.2, 0.25) is 0 Å². The first-order valence-electron chi connectivity index (χ1n) is 15.1. The van der Waals surface area contributed by atoms with Gasteiger partial charge >= 0.3 is 0 Å². The van der Waals surface area contributed by atoms with Crippen LogP contribution >= 0.6 is 11.3 Å². The summed E-state index contributed by atoms with van der Waals surface area (Å²) in [5, 5.41) is 18.0. The predicted molar refractivity (Wildman–Crippen MR) is 172 cm³/mol. The van der Waals surface area contributed by atoms with Crippen LogP contribution in [0.3, 0.4) is 0 Å². The van der Waals surface area contributed by atoms with Crippen LogP contribution in [-0.2, 0) is 34.7 Å². The summed E-state index contributed by atoms with van der Waals surface area (Å²) in [4.78, 5) is 32.0. The second-order valence-electron chi connectivity index (χ2n) is 11.5. The molecule has 4 unspecified atom stereocenters. The fraction of sp³-hybridized carbons (Fsp3) is 0.607. The van der Waals surface area contributed by atoms with Gasteiger partial charge in [0, 0.05) is 32.6 Å². The number of morpholine rings is 1. The summed E-state index contributed by atoms with van der Waals surface area (Å²) in [6.07, 6.45) is 3.43. The van der Waals surface area contributed by atoms with Crippen molar-refractivity contribution in [3.05, 3.63) is 52.5 Å². The Morgan fingerprint density at radius 1 is 1.00 bits per heavy atom. The molecular weight excluding hydrogens is 659 g/mol. The average Bonchev–Trinajstić information content (AvgIpc) is 3.58. The Balaban J connectivity index is 1.59. The highest BCUT2D eigenvalue weighted by Crippen LogP contribution is 2.28. The third-order valence-electron chi connectivity index (χ3n) is 8.04. The average molecular weight is 702 g/mol. The van der Waals surface area contributed by atoms with E-state index in [0.29, 0.717) is 12.0 Å². The number of thiazole rings is 1. The van der Waals surface area contributed by atoms with Crippen molar-refractivity contribution in [1.29, 1.82) is 0 Å². The maximum atomic E-state index is 13.9. The molecule has 2 fully saturated rings. The largest absolute Gasteiger partial charge is 0.379 e. The lowest BCUT2D eigenvalue weighted by molar-refractivity contribution is -0.131. The van der Waals surface area contributed by atoms with E-state index in [0.717, 1.165) is 36.4 Å². The molecule has 1 aromatic carbocycles. The minimum atomic E-state index is -4.13. The van der Waals surface area contributed by atoms with E-state index >= 15 is 0 Å². The first kappa shape index (κ1) is 36.3. The maximum Gasteiger partial charge on any atom is 0.281 e. The summed E-state index contributed by atoms with van der Waals surface area (Å²) >= 11 is 1.19.